The van der Waals surface area contributed by atoms with Gasteiger partial charge in [0.2, 0.25) is 0 Å². The lowest BCUT2D eigenvalue weighted by Crippen LogP contribution is -2.32. The van der Waals surface area contributed by atoms with E-state index >= 15 is 0 Å². The van der Waals surface area contributed by atoms with Crippen molar-refractivity contribution in [1.82, 2.24) is 14.7 Å². The fourth-order valence-electron chi connectivity index (χ4n) is 3.40. The minimum absolute atomic E-state index is 0.241. The fourth-order valence-corrected chi connectivity index (χ4v) is 3.52. The van der Waals surface area contributed by atoms with Gasteiger partial charge in [0.15, 0.2) is 5.69 Å². The number of halogens is 1. The molecule has 4 rings (SSSR count). The van der Waals surface area contributed by atoms with Crippen molar-refractivity contribution in [2.24, 2.45) is 0 Å². The molecular weight excluding hydrogens is 426 g/mol. The first-order valence-electron chi connectivity index (χ1n) is 10.3. The van der Waals surface area contributed by atoms with Crippen LogP contribution in [0, 0.1) is 0 Å². The van der Waals surface area contributed by atoms with Gasteiger partial charge in [-0.25, -0.2) is 0 Å². The lowest BCUT2D eigenvalue weighted by Gasteiger charge is -2.18. The summed E-state index contributed by atoms with van der Waals surface area (Å²) in [6.07, 6.45) is 0.640. The third-order valence-corrected chi connectivity index (χ3v) is 5.33. The number of amides is 1. The summed E-state index contributed by atoms with van der Waals surface area (Å²) >= 11 is 5.88. The number of aromatic nitrogens is 2. The highest BCUT2D eigenvalue weighted by molar-refractivity contribution is 6.30. The van der Waals surface area contributed by atoms with Crippen LogP contribution >= 0.6 is 11.6 Å². The Bertz CT molecular complexity index is 1290. The van der Waals surface area contributed by atoms with Crippen molar-refractivity contribution in [3.8, 4) is 11.4 Å². The van der Waals surface area contributed by atoms with Gasteiger partial charge in [-0.1, -0.05) is 48.0 Å². The molecule has 3 aromatic carbocycles. The number of nitrogens with zero attached hydrogens (tertiary/aromatic N) is 3. The van der Waals surface area contributed by atoms with Crippen molar-refractivity contribution in [2.45, 2.75) is 6.42 Å². The number of rotatable bonds is 7. The van der Waals surface area contributed by atoms with Gasteiger partial charge in [-0.2, -0.15) is 9.78 Å². The molecule has 4 aromatic rings. The Morgan fingerprint density at radius 1 is 0.969 bits per heavy atom. The maximum absolute atomic E-state index is 13.2. The standard InChI is InChI=1S/C25H22ClN3O3/c1-28(16-7-17-32-20-14-12-18(26)13-15-20)25(31)23-21-10-5-6-11-22(21)24(30)29(27-23)19-8-3-2-4-9-19/h2-6,8-15H,7,16-17H2,1H3. The molecule has 0 radical (unpaired) electrons. The maximum atomic E-state index is 13.2. The van der Waals surface area contributed by atoms with Crippen LogP contribution in [0.5, 0.6) is 5.75 Å². The summed E-state index contributed by atoms with van der Waals surface area (Å²) in [6.45, 7) is 0.934. The first kappa shape index (κ1) is 21.6. The Hall–Kier alpha value is -3.64. The van der Waals surface area contributed by atoms with Gasteiger partial charge in [0, 0.05) is 24.0 Å². The van der Waals surface area contributed by atoms with Gasteiger partial charge >= 0.3 is 0 Å². The largest absolute Gasteiger partial charge is 0.494 e. The summed E-state index contributed by atoms with van der Waals surface area (Å²) in [6, 6.07) is 23.3. The highest BCUT2D eigenvalue weighted by atomic mass is 35.5. The summed E-state index contributed by atoms with van der Waals surface area (Å²) in [5, 5.41) is 6.09. The number of hydrogen-bond acceptors (Lipinski definition) is 4. The van der Waals surface area contributed by atoms with E-state index in [9.17, 15) is 9.59 Å². The number of carbonyl (C=O) groups excluding carboxylic acids is 1. The predicted octanol–water partition coefficient (Wildman–Crippen LogP) is 4.58. The minimum Gasteiger partial charge on any atom is -0.494 e. The fraction of sp³-hybridized carbons (Fsp3) is 0.160. The van der Waals surface area contributed by atoms with Gasteiger partial charge in [0.25, 0.3) is 11.5 Å². The Kier molecular flexibility index (Phi) is 6.52. The number of hydrogen-bond donors (Lipinski definition) is 0. The summed E-state index contributed by atoms with van der Waals surface area (Å²) in [5.74, 6) is 0.475. The third-order valence-electron chi connectivity index (χ3n) is 5.08. The smallest absolute Gasteiger partial charge is 0.279 e. The molecule has 0 aliphatic heterocycles. The summed E-state index contributed by atoms with van der Waals surface area (Å²) in [5.41, 5.74) is 0.587. The summed E-state index contributed by atoms with van der Waals surface area (Å²) in [7, 11) is 1.72. The van der Waals surface area contributed by atoms with Gasteiger partial charge < -0.3 is 9.64 Å². The van der Waals surface area contributed by atoms with Crippen LogP contribution in [0.4, 0.5) is 0 Å². The molecule has 0 fully saturated rings. The van der Waals surface area contributed by atoms with Crippen LogP contribution in [0.3, 0.4) is 0 Å². The SMILES string of the molecule is CN(CCCOc1ccc(Cl)cc1)C(=O)c1nn(-c2ccccc2)c(=O)c2ccccc12. The molecule has 0 spiro atoms. The Morgan fingerprint density at radius 3 is 2.34 bits per heavy atom. The number of fused-ring (bicyclic) bond motifs is 1. The molecule has 0 aliphatic rings. The van der Waals surface area contributed by atoms with Crippen molar-refractivity contribution in [2.75, 3.05) is 20.2 Å². The lowest BCUT2D eigenvalue weighted by molar-refractivity contribution is 0.0782. The molecule has 0 saturated heterocycles. The van der Waals surface area contributed by atoms with E-state index < -0.39 is 0 Å². The molecular formula is C25H22ClN3O3. The highest BCUT2D eigenvalue weighted by Crippen LogP contribution is 2.18. The first-order chi connectivity index (χ1) is 15.5. The topological polar surface area (TPSA) is 64.4 Å². The monoisotopic (exact) mass is 447 g/mol. The average Bonchev–Trinajstić information content (AvgIpc) is 2.83. The second-order valence-corrected chi connectivity index (χ2v) is 7.77. The van der Waals surface area contributed by atoms with Crippen molar-refractivity contribution in [3.63, 3.8) is 0 Å². The zero-order valence-electron chi connectivity index (χ0n) is 17.6. The number of ether oxygens (including phenoxy) is 1. The normalized spacial score (nSPS) is 10.8. The molecule has 0 atom stereocenters. The maximum Gasteiger partial charge on any atom is 0.279 e. The van der Waals surface area contributed by atoms with E-state index in [1.807, 2.05) is 18.2 Å². The van der Waals surface area contributed by atoms with Crippen molar-refractivity contribution in [1.29, 1.82) is 0 Å². The molecule has 1 aromatic heterocycles. The van der Waals surface area contributed by atoms with Gasteiger partial charge in [0.05, 0.1) is 17.7 Å². The Morgan fingerprint density at radius 2 is 1.62 bits per heavy atom. The van der Waals surface area contributed by atoms with Crippen molar-refractivity contribution >= 4 is 28.3 Å². The summed E-state index contributed by atoms with van der Waals surface area (Å²) in [4.78, 5) is 27.8. The lowest BCUT2D eigenvalue weighted by atomic mass is 10.1. The van der Waals surface area contributed by atoms with Crippen LogP contribution in [0.15, 0.2) is 83.7 Å². The van der Waals surface area contributed by atoms with Crippen LogP contribution in [0.2, 0.25) is 5.02 Å². The van der Waals surface area contributed by atoms with E-state index in [0.29, 0.717) is 41.1 Å². The minimum atomic E-state index is -0.262. The molecule has 0 saturated carbocycles. The average molecular weight is 448 g/mol. The molecule has 0 unspecified atom stereocenters. The highest BCUT2D eigenvalue weighted by Gasteiger charge is 2.20. The molecule has 7 heteroatoms. The van der Waals surface area contributed by atoms with E-state index in [1.54, 1.807) is 72.6 Å². The Labute approximate surface area is 190 Å². The zero-order chi connectivity index (χ0) is 22.5. The van der Waals surface area contributed by atoms with Gasteiger partial charge in [0.1, 0.15) is 5.75 Å². The molecule has 1 amide bonds. The number of para-hydroxylation sites is 1. The Balaban J connectivity index is 1.54. The quantitative estimate of drug-likeness (QED) is 0.389. The molecule has 0 aliphatic carbocycles. The van der Waals surface area contributed by atoms with Crippen molar-refractivity contribution in [3.05, 3.63) is 99.9 Å². The van der Waals surface area contributed by atoms with E-state index in [0.717, 1.165) is 5.75 Å². The van der Waals surface area contributed by atoms with E-state index in [1.165, 1.54) is 4.68 Å². The molecule has 0 N–H and O–H groups in total. The van der Waals surface area contributed by atoms with Gasteiger partial charge in [-0.15, -0.1) is 0 Å². The molecule has 162 valence electrons. The first-order valence-corrected chi connectivity index (χ1v) is 10.6. The van der Waals surface area contributed by atoms with Crippen LogP contribution < -0.4 is 10.3 Å². The van der Waals surface area contributed by atoms with Crippen LogP contribution in [-0.4, -0.2) is 40.8 Å². The van der Waals surface area contributed by atoms with Crippen LogP contribution in [0.25, 0.3) is 16.5 Å². The summed E-state index contributed by atoms with van der Waals surface area (Å²) < 4.78 is 6.99. The number of benzene rings is 3. The van der Waals surface area contributed by atoms with E-state index in [4.69, 9.17) is 16.3 Å². The molecule has 0 bridgehead atoms. The van der Waals surface area contributed by atoms with Crippen LogP contribution in [0.1, 0.15) is 16.9 Å². The molecule has 1 heterocycles. The van der Waals surface area contributed by atoms with E-state index in [2.05, 4.69) is 5.10 Å². The van der Waals surface area contributed by atoms with Gasteiger partial charge in [-0.3, -0.25) is 9.59 Å². The van der Waals surface area contributed by atoms with Crippen molar-refractivity contribution < 1.29 is 9.53 Å². The predicted molar refractivity (Wildman–Crippen MR) is 126 cm³/mol. The third kappa shape index (κ3) is 4.65. The van der Waals surface area contributed by atoms with Gasteiger partial charge in [-0.05, 0) is 48.9 Å². The molecule has 32 heavy (non-hydrogen) atoms. The number of carbonyl (C=O) groups is 1. The second-order valence-electron chi connectivity index (χ2n) is 7.33. The van der Waals surface area contributed by atoms with Crippen LogP contribution in [-0.2, 0) is 0 Å². The zero-order valence-corrected chi connectivity index (χ0v) is 18.3. The molecule has 6 nitrogen and oxygen atoms in total. The van der Waals surface area contributed by atoms with E-state index in [-0.39, 0.29) is 17.2 Å². The second kappa shape index (κ2) is 9.66.